The lowest BCUT2D eigenvalue weighted by Crippen LogP contribution is -2.38. The quantitative estimate of drug-likeness (QED) is 0.634. The molecular weight excluding hydrogens is 375 g/mol. The van der Waals surface area contributed by atoms with Crippen LogP contribution < -0.4 is 0 Å². The number of hydrogen-bond acceptors (Lipinski definition) is 4. The van der Waals surface area contributed by atoms with Gasteiger partial charge in [-0.05, 0) is 37.1 Å². The number of rotatable bonds is 2. The lowest BCUT2D eigenvalue weighted by Gasteiger charge is -2.31. The molecule has 4 rings (SSSR count). The Hall–Kier alpha value is -2.48. The first kappa shape index (κ1) is 17.9. The van der Waals surface area contributed by atoms with Crippen LogP contribution in [0.5, 0.6) is 0 Å². The minimum atomic E-state index is -4.50. The molecule has 0 unspecified atom stereocenters. The number of benzene rings is 1. The van der Waals surface area contributed by atoms with E-state index in [0.717, 1.165) is 40.3 Å². The summed E-state index contributed by atoms with van der Waals surface area (Å²) in [6.45, 7) is 1.11. The van der Waals surface area contributed by atoms with Crippen molar-refractivity contribution in [2.75, 3.05) is 13.1 Å². The van der Waals surface area contributed by atoms with Gasteiger partial charge in [-0.1, -0.05) is 12.1 Å². The van der Waals surface area contributed by atoms with Crippen molar-refractivity contribution in [3.63, 3.8) is 0 Å². The molecule has 1 fully saturated rings. The molecule has 27 heavy (non-hydrogen) atoms. The average Bonchev–Trinajstić information content (AvgIpc) is 3.11. The van der Waals surface area contributed by atoms with E-state index >= 15 is 0 Å². The fourth-order valence-corrected chi connectivity index (χ4v) is 4.40. The maximum atomic E-state index is 12.6. The number of alkyl halides is 3. The van der Waals surface area contributed by atoms with E-state index in [1.54, 1.807) is 16.2 Å². The van der Waals surface area contributed by atoms with Gasteiger partial charge in [-0.2, -0.15) is 13.2 Å². The van der Waals surface area contributed by atoms with Crippen molar-refractivity contribution in [1.29, 1.82) is 0 Å². The van der Waals surface area contributed by atoms with Gasteiger partial charge in [-0.3, -0.25) is 9.78 Å². The van der Waals surface area contributed by atoms with Crippen molar-refractivity contribution in [3.8, 4) is 0 Å². The molecule has 0 radical (unpaired) electrons. The summed E-state index contributed by atoms with van der Waals surface area (Å²) in [5.41, 5.74) is 0.182. The highest BCUT2D eigenvalue weighted by atomic mass is 32.1. The normalized spacial score (nSPS) is 16.0. The topological polar surface area (TPSA) is 46.1 Å². The lowest BCUT2D eigenvalue weighted by atomic mass is 9.97. The number of carbonyl (C=O) groups excluding carboxylic acids is 1. The van der Waals surface area contributed by atoms with Crippen LogP contribution in [0.4, 0.5) is 13.2 Å². The van der Waals surface area contributed by atoms with Gasteiger partial charge in [0.1, 0.15) is 5.69 Å². The molecule has 0 saturated carbocycles. The Kier molecular flexibility index (Phi) is 4.59. The Labute approximate surface area is 157 Å². The predicted octanol–water partition coefficient (Wildman–Crippen LogP) is 4.73. The van der Waals surface area contributed by atoms with E-state index in [1.807, 2.05) is 24.3 Å². The van der Waals surface area contributed by atoms with Crippen LogP contribution in [-0.4, -0.2) is 33.9 Å². The predicted molar refractivity (Wildman–Crippen MR) is 96.7 cm³/mol. The van der Waals surface area contributed by atoms with E-state index < -0.39 is 11.9 Å². The third-order valence-electron chi connectivity index (χ3n) is 4.74. The number of pyridine rings is 1. The highest BCUT2D eigenvalue weighted by Gasteiger charge is 2.33. The maximum Gasteiger partial charge on any atom is 0.433 e. The van der Waals surface area contributed by atoms with Crippen molar-refractivity contribution in [2.45, 2.75) is 24.9 Å². The monoisotopic (exact) mass is 391 g/mol. The molecule has 2 aromatic heterocycles. The summed E-state index contributed by atoms with van der Waals surface area (Å²) in [7, 11) is 0. The summed E-state index contributed by atoms with van der Waals surface area (Å²) in [6, 6.07) is 10.0. The van der Waals surface area contributed by atoms with E-state index in [9.17, 15) is 18.0 Å². The van der Waals surface area contributed by atoms with Gasteiger partial charge in [0.05, 0.1) is 20.8 Å². The fraction of sp³-hybridized carbons (Fsp3) is 0.316. The summed E-state index contributed by atoms with van der Waals surface area (Å²) in [4.78, 5) is 22.3. The number of aromatic nitrogens is 2. The number of nitrogens with zero attached hydrogens (tertiary/aromatic N) is 3. The average molecular weight is 391 g/mol. The van der Waals surface area contributed by atoms with E-state index in [2.05, 4.69) is 4.98 Å². The molecule has 3 aromatic rings. The molecule has 140 valence electrons. The Balaban J connectivity index is 1.42. The standard InChI is InChI=1S/C19H16F3N3OS/c20-19(21,22)16-6-5-13(11-23-16)18(26)25-9-7-12(8-10-25)17-24-14-3-1-2-4-15(14)27-17/h1-6,11-12H,7-10H2. The number of hydrogen-bond donors (Lipinski definition) is 0. The molecule has 0 spiro atoms. The second-order valence-electron chi connectivity index (χ2n) is 6.52. The number of thiazole rings is 1. The molecule has 1 saturated heterocycles. The smallest absolute Gasteiger partial charge is 0.339 e. The lowest BCUT2D eigenvalue weighted by molar-refractivity contribution is -0.141. The zero-order chi connectivity index (χ0) is 19.0. The van der Waals surface area contributed by atoms with Crippen molar-refractivity contribution < 1.29 is 18.0 Å². The molecule has 0 bridgehead atoms. The second kappa shape index (κ2) is 6.92. The number of piperidine rings is 1. The fourth-order valence-electron chi connectivity index (χ4n) is 3.26. The highest BCUT2D eigenvalue weighted by Crippen LogP contribution is 2.34. The Morgan fingerprint density at radius 3 is 2.48 bits per heavy atom. The largest absolute Gasteiger partial charge is 0.433 e. The van der Waals surface area contributed by atoms with Crippen molar-refractivity contribution in [1.82, 2.24) is 14.9 Å². The number of para-hydroxylation sites is 1. The Morgan fingerprint density at radius 2 is 1.85 bits per heavy atom. The van der Waals surface area contributed by atoms with Crippen LogP contribution in [0.1, 0.15) is 39.8 Å². The van der Waals surface area contributed by atoms with Gasteiger partial charge in [0.25, 0.3) is 5.91 Å². The molecule has 3 heterocycles. The molecule has 4 nitrogen and oxygen atoms in total. The molecule has 0 aliphatic carbocycles. The minimum absolute atomic E-state index is 0.182. The summed E-state index contributed by atoms with van der Waals surface area (Å²) in [5, 5.41) is 1.08. The number of carbonyl (C=O) groups is 1. The number of halogens is 3. The first-order valence-electron chi connectivity index (χ1n) is 8.60. The van der Waals surface area contributed by atoms with E-state index in [1.165, 1.54) is 6.07 Å². The van der Waals surface area contributed by atoms with Gasteiger partial charge in [-0.25, -0.2) is 4.98 Å². The number of amides is 1. The van der Waals surface area contributed by atoms with Crippen LogP contribution in [0.2, 0.25) is 0 Å². The summed E-state index contributed by atoms with van der Waals surface area (Å²) < 4.78 is 38.9. The van der Waals surface area contributed by atoms with Crippen LogP contribution >= 0.6 is 11.3 Å². The van der Waals surface area contributed by atoms with E-state index in [0.29, 0.717) is 19.0 Å². The number of fused-ring (bicyclic) bond motifs is 1. The van der Waals surface area contributed by atoms with Crippen LogP contribution in [0.25, 0.3) is 10.2 Å². The minimum Gasteiger partial charge on any atom is -0.339 e. The van der Waals surface area contributed by atoms with Gasteiger partial charge in [0, 0.05) is 25.2 Å². The van der Waals surface area contributed by atoms with Gasteiger partial charge >= 0.3 is 6.18 Å². The van der Waals surface area contributed by atoms with Crippen LogP contribution in [0.3, 0.4) is 0 Å². The van der Waals surface area contributed by atoms with Crippen molar-refractivity contribution in [3.05, 3.63) is 58.9 Å². The Morgan fingerprint density at radius 1 is 1.11 bits per heavy atom. The van der Waals surface area contributed by atoms with E-state index in [-0.39, 0.29) is 11.5 Å². The molecule has 1 aliphatic rings. The van der Waals surface area contributed by atoms with Gasteiger partial charge in [0.15, 0.2) is 0 Å². The first-order chi connectivity index (χ1) is 12.9. The zero-order valence-corrected chi connectivity index (χ0v) is 15.1. The van der Waals surface area contributed by atoms with Gasteiger partial charge in [0.2, 0.25) is 0 Å². The highest BCUT2D eigenvalue weighted by molar-refractivity contribution is 7.18. The third kappa shape index (κ3) is 3.66. The molecular formula is C19H16F3N3OS. The molecule has 0 atom stereocenters. The van der Waals surface area contributed by atoms with Crippen molar-refractivity contribution >= 4 is 27.5 Å². The van der Waals surface area contributed by atoms with Crippen LogP contribution in [-0.2, 0) is 6.18 Å². The van der Waals surface area contributed by atoms with Crippen LogP contribution in [0, 0.1) is 0 Å². The van der Waals surface area contributed by atoms with E-state index in [4.69, 9.17) is 4.98 Å². The molecule has 1 aliphatic heterocycles. The van der Waals surface area contributed by atoms with Gasteiger partial charge in [-0.15, -0.1) is 11.3 Å². The van der Waals surface area contributed by atoms with Crippen molar-refractivity contribution in [2.24, 2.45) is 0 Å². The first-order valence-corrected chi connectivity index (χ1v) is 9.41. The molecule has 0 N–H and O–H groups in total. The SMILES string of the molecule is O=C(c1ccc(C(F)(F)F)nc1)N1CCC(c2nc3ccccc3s2)CC1. The summed E-state index contributed by atoms with van der Waals surface area (Å²) >= 11 is 1.68. The zero-order valence-electron chi connectivity index (χ0n) is 14.2. The molecule has 8 heteroatoms. The maximum absolute atomic E-state index is 12.6. The molecule has 1 aromatic carbocycles. The van der Waals surface area contributed by atoms with Gasteiger partial charge < -0.3 is 4.90 Å². The second-order valence-corrected chi connectivity index (χ2v) is 7.58. The summed E-state index contributed by atoms with van der Waals surface area (Å²) in [6.07, 6.45) is -1.92. The third-order valence-corrected chi connectivity index (χ3v) is 5.94. The van der Waals surface area contributed by atoms with Crippen LogP contribution in [0.15, 0.2) is 42.6 Å². The number of likely N-dealkylation sites (tertiary alicyclic amines) is 1. The molecule has 1 amide bonds. The summed E-state index contributed by atoms with van der Waals surface area (Å²) in [5.74, 6) is 0.0242. The Bertz CT molecular complexity index is 927.